The van der Waals surface area contributed by atoms with Gasteiger partial charge in [-0.05, 0) is 31.2 Å². The van der Waals surface area contributed by atoms with Crippen LogP contribution in [0.3, 0.4) is 0 Å². The van der Waals surface area contributed by atoms with Crippen molar-refractivity contribution in [1.82, 2.24) is 4.98 Å². The number of phenolic OH excluding ortho intramolecular Hbond substituents is 1. The molecule has 0 radical (unpaired) electrons. The highest BCUT2D eigenvalue weighted by atomic mass is 35.5. The zero-order valence-corrected chi connectivity index (χ0v) is 9.66. The summed E-state index contributed by atoms with van der Waals surface area (Å²) in [5.41, 5.74) is 8.48. The van der Waals surface area contributed by atoms with E-state index in [0.29, 0.717) is 11.3 Å². The second kappa shape index (κ2) is 4.86. The predicted octanol–water partition coefficient (Wildman–Crippen LogP) is 2.77. The number of hydrogen-bond acceptors (Lipinski definition) is 3. The molecule has 4 heteroatoms. The van der Waals surface area contributed by atoms with Gasteiger partial charge in [0, 0.05) is 23.0 Å². The van der Waals surface area contributed by atoms with E-state index in [2.05, 4.69) is 4.98 Å². The first-order valence-electron chi connectivity index (χ1n) is 4.69. The second-order valence-corrected chi connectivity index (χ2v) is 3.44. The molecule has 0 fully saturated rings. The molecule has 0 unspecified atom stereocenters. The van der Waals surface area contributed by atoms with Gasteiger partial charge in [-0.1, -0.05) is 6.07 Å². The van der Waals surface area contributed by atoms with Gasteiger partial charge in [0.1, 0.15) is 5.75 Å². The number of aryl methyl sites for hydroxylation is 1. The van der Waals surface area contributed by atoms with Crippen LogP contribution in [0.5, 0.6) is 5.75 Å². The van der Waals surface area contributed by atoms with E-state index in [1.54, 1.807) is 12.1 Å². The number of hydrogen-bond donors (Lipinski definition) is 2. The number of benzene rings is 1. The molecule has 0 bridgehead atoms. The maximum atomic E-state index is 9.72. The molecule has 3 nitrogen and oxygen atoms in total. The zero-order chi connectivity index (χ0) is 10.8. The summed E-state index contributed by atoms with van der Waals surface area (Å²) < 4.78 is 0. The molecule has 1 heterocycles. The molecule has 1 aromatic heterocycles. The van der Waals surface area contributed by atoms with Crippen LogP contribution in [0.25, 0.3) is 11.3 Å². The number of aromatic hydroxyl groups is 1. The Hall–Kier alpha value is -1.74. The Morgan fingerprint density at radius 2 is 1.94 bits per heavy atom. The molecule has 0 aliphatic carbocycles. The van der Waals surface area contributed by atoms with E-state index in [-0.39, 0.29) is 18.2 Å². The first kappa shape index (κ1) is 12.3. The molecular formula is C12H13ClN2O. The van der Waals surface area contributed by atoms with E-state index in [4.69, 9.17) is 5.73 Å². The first-order valence-corrected chi connectivity index (χ1v) is 4.69. The number of nitrogens with zero attached hydrogens (tertiary/aromatic N) is 1. The van der Waals surface area contributed by atoms with Crippen molar-refractivity contribution in [3.05, 3.63) is 42.1 Å². The largest absolute Gasteiger partial charge is 0.507 e. The average Bonchev–Trinajstić information content (AvgIpc) is 2.17. The third kappa shape index (κ3) is 2.44. The van der Waals surface area contributed by atoms with Gasteiger partial charge in [0.15, 0.2) is 0 Å². The highest BCUT2D eigenvalue weighted by Gasteiger charge is 2.05. The average molecular weight is 237 g/mol. The number of aromatic nitrogens is 1. The van der Waals surface area contributed by atoms with Gasteiger partial charge < -0.3 is 10.8 Å². The lowest BCUT2D eigenvalue weighted by Gasteiger charge is -2.05. The topological polar surface area (TPSA) is 59.1 Å². The molecular weight excluding hydrogens is 224 g/mol. The van der Waals surface area contributed by atoms with Crippen LogP contribution >= 0.6 is 12.4 Å². The monoisotopic (exact) mass is 236 g/mol. The molecule has 84 valence electrons. The van der Waals surface area contributed by atoms with Crippen LogP contribution in [0.2, 0.25) is 0 Å². The number of rotatable bonds is 1. The molecule has 0 aliphatic rings. The van der Waals surface area contributed by atoms with Crippen LogP contribution in [0, 0.1) is 6.92 Å². The summed E-state index contributed by atoms with van der Waals surface area (Å²) in [5.74, 6) is 0.160. The van der Waals surface area contributed by atoms with E-state index in [0.717, 1.165) is 11.4 Å². The number of pyridine rings is 1. The minimum absolute atomic E-state index is 0. The molecule has 0 saturated heterocycles. The van der Waals surface area contributed by atoms with Crippen molar-refractivity contribution in [2.24, 2.45) is 0 Å². The maximum absolute atomic E-state index is 9.72. The fourth-order valence-corrected chi connectivity index (χ4v) is 1.46. The Kier molecular flexibility index (Phi) is 3.74. The first-order chi connectivity index (χ1) is 7.16. The van der Waals surface area contributed by atoms with Crippen molar-refractivity contribution in [3.63, 3.8) is 0 Å². The fourth-order valence-electron chi connectivity index (χ4n) is 1.46. The normalized spacial score (nSPS) is 9.56. The smallest absolute Gasteiger partial charge is 0.127 e. The molecule has 0 aliphatic heterocycles. The molecule has 0 saturated carbocycles. The molecule has 0 amide bonds. The van der Waals surface area contributed by atoms with Gasteiger partial charge in [-0.3, -0.25) is 4.98 Å². The Morgan fingerprint density at radius 3 is 2.56 bits per heavy atom. The number of anilines is 1. The van der Waals surface area contributed by atoms with Crippen molar-refractivity contribution in [2.75, 3.05) is 5.73 Å². The van der Waals surface area contributed by atoms with Crippen LogP contribution < -0.4 is 5.73 Å². The molecule has 2 rings (SSSR count). The Bertz CT molecular complexity index is 500. The summed E-state index contributed by atoms with van der Waals surface area (Å²) in [7, 11) is 0. The van der Waals surface area contributed by atoms with Crippen LogP contribution in [0.1, 0.15) is 5.69 Å². The van der Waals surface area contributed by atoms with Crippen molar-refractivity contribution in [2.45, 2.75) is 6.92 Å². The highest BCUT2D eigenvalue weighted by Crippen LogP contribution is 2.29. The predicted molar refractivity (Wildman–Crippen MR) is 67.7 cm³/mol. The summed E-state index contributed by atoms with van der Waals surface area (Å²) >= 11 is 0. The Morgan fingerprint density at radius 1 is 1.19 bits per heavy atom. The fraction of sp³-hybridized carbons (Fsp3) is 0.0833. The molecule has 3 N–H and O–H groups in total. The summed E-state index contributed by atoms with van der Waals surface area (Å²) in [6, 6.07) is 10.7. The van der Waals surface area contributed by atoms with Gasteiger partial charge >= 0.3 is 0 Å². The Labute approximate surface area is 100 Å². The van der Waals surface area contributed by atoms with Gasteiger partial charge in [0.25, 0.3) is 0 Å². The van der Waals surface area contributed by atoms with Crippen LogP contribution in [0.4, 0.5) is 5.69 Å². The van der Waals surface area contributed by atoms with Crippen molar-refractivity contribution in [3.8, 4) is 17.0 Å². The second-order valence-electron chi connectivity index (χ2n) is 3.44. The maximum Gasteiger partial charge on any atom is 0.127 e. The van der Waals surface area contributed by atoms with Gasteiger partial charge in [-0.15, -0.1) is 12.4 Å². The summed E-state index contributed by atoms with van der Waals surface area (Å²) in [6.45, 7) is 1.91. The van der Waals surface area contributed by atoms with Gasteiger partial charge in [0.05, 0.1) is 5.69 Å². The van der Waals surface area contributed by atoms with E-state index in [1.165, 1.54) is 6.07 Å². The highest BCUT2D eigenvalue weighted by molar-refractivity contribution is 5.85. The van der Waals surface area contributed by atoms with Crippen LogP contribution in [0.15, 0.2) is 36.4 Å². The number of nitrogens with two attached hydrogens (primary N) is 1. The minimum atomic E-state index is 0. The summed E-state index contributed by atoms with van der Waals surface area (Å²) in [5, 5.41) is 9.72. The zero-order valence-electron chi connectivity index (χ0n) is 8.84. The lowest BCUT2D eigenvalue weighted by Crippen LogP contribution is -1.89. The summed E-state index contributed by atoms with van der Waals surface area (Å²) in [6.07, 6.45) is 0. The van der Waals surface area contributed by atoms with Crippen molar-refractivity contribution >= 4 is 18.1 Å². The van der Waals surface area contributed by atoms with Crippen molar-refractivity contribution < 1.29 is 5.11 Å². The van der Waals surface area contributed by atoms with E-state index in [1.807, 2.05) is 25.1 Å². The molecule has 0 spiro atoms. The molecule has 16 heavy (non-hydrogen) atoms. The van der Waals surface area contributed by atoms with Crippen LogP contribution in [-0.4, -0.2) is 10.1 Å². The van der Waals surface area contributed by atoms with Gasteiger partial charge in [0.2, 0.25) is 0 Å². The van der Waals surface area contributed by atoms with E-state index < -0.39 is 0 Å². The van der Waals surface area contributed by atoms with Crippen molar-refractivity contribution in [1.29, 1.82) is 0 Å². The minimum Gasteiger partial charge on any atom is -0.507 e. The summed E-state index contributed by atoms with van der Waals surface area (Å²) in [4.78, 5) is 4.33. The number of halogens is 1. The quantitative estimate of drug-likeness (QED) is 0.749. The van der Waals surface area contributed by atoms with E-state index >= 15 is 0 Å². The SMILES string of the molecule is Cc1cccc(-c2ccc(N)cc2O)n1.Cl. The molecule has 1 aromatic carbocycles. The lowest BCUT2D eigenvalue weighted by atomic mass is 10.1. The Balaban J connectivity index is 0.00000128. The van der Waals surface area contributed by atoms with Crippen LogP contribution in [-0.2, 0) is 0 Å². The third-order valence-corrected chi connectivity index (χ3v) is 2.19. The van der Waals surface area contributed by atoms with E-state index in [9.17, 15) is 5.11 Å². The van der Waals surface area contributed by atoms with Gasteiger partial charge in [-0.25, -0.2) is 0 Å². The molecule has 2 aromatic rings. The number of nitrogen functional groups attached to an aromatic ring is 1. The number of phenols is 1. The lowest BCUT2D eigenvalue weighted by molar-refractivity contribution is 0.477. The molecule has 0 atom stereocenters. The third-order valence-electron chi connectivity index (χ3n) is 2.19. The van der Waals surface area contributed by atoms with Gasteiger partial charge in [-0.2, -0.15) is 0 Å². The standard InChI is InChI=1S/C12H12N2O.ClH/c1-8-3-2-4-11(14-8)10-6-5-9(13)7-12(10)15;/h2-7,15H,13H2,1H3;1H.